The van der Waals surface area contributed by atoms with E-state index in [9.17, 15) is 0 Å². The van der Waals surface area contributed by atoms with Gasteiger partial charge in [-0.3, -0.25) is 0 Å². The average molecular weight is 340 g/mol. The van der Waals surface area contributed by atoms with Gasteiger partial charge in [0.15, 0.2) is 0 Å². The van der Waals surface area contributed by atoms with Crippen LogP contribution in [0.4, 0.5) is 0 Å². The highest BCUT2D eigenvalue weighted by atomic mass is 79.9. The highest BCUT2D eigenvalue weighted by molar-refractivity contribution is 9.10. The van der Waals surface area contributed by atoms with E-state index in [0.29, 0.717) is 18.2 Å². The first-order valence-corrected chi connectivity index (χ1v) is 6.46. The minimum atomic E-state index is 0.243. The minimum absolute atomic E-state index is 0.243. The molecule has 0 atom stereocenters. The van der Waals surface area contributed by atoms with Crippen molar-refractivity contribution in [2.24, 2.45) is 0 Å². The van der Waals surface area contributed by atoms with Crippen molar-refractivity contribution in [2.45, 2.75) is 13.2 Å². The maximum Gasteiger partial charge on any atom is 0.146 e. The zero-order valence-electron chi connectivity index (χ0n) is 10.4. The summed E-state index contributed by atoms with van der Waals surface area (Å²) in [6.07, 6.45) is 0. The second kappa shape index (κ2) is 8.85. The number of ether oxygens (including phenoxy) is 4. The van der Waals surface area contributed by atoms with E-state index < -0.39 is 0 Å². The van der Waals surface area contributed by atoms with Gasteiger partial charge < -0.3 is 18.9 Å². The smallest absolute Gasteiger partial charge is 0.146 e. The van der Waals surface area contributed by atoms with Gasteiger partial charge in [-0.1, -0.05) is 27.5 Å². The van der Waals surface area contributed by atoms with Crippen LogP contribution in [-0.4, -0.2) is 27.8 Å². The van der Waals surface area contributed by atoms with E-state index in [0.717, 1.165) is 15.6 Å². The fourth-order valence-electron chi connectivity index (χ4n) is 1.32. The molecule has 0 heterocycles. The average Bonchev–Trinajstić information content (AvgIpc) is 2.35. The van der Waals surface area contributed by atoms with Crippen LogP contribution in [-0.2, 0) is 32.2 Å². The molecule has 0 fully saturated rings. The van der Waals surface area contributed by atoms with Crippen molar-refractivity contribution in [2.75, 3.05) is 27.8 Å². The molecule has 0 saturated heterocycles. The monoisotopic (exact) mass is 338 g/mol. The molecular formula is C12H16BrClO4. The molecule has 0 aliphatic carbocycles. The second-order valence-corrected chi connectivity index (χ2v) is 4.81. The lowest BCUT2D eigenvalue weighted by molar-refractivity contribution is -0.0401. The van der Waals surface area contributed by atoms with Crippen LogP contribution >= 0.6 is 27.5 Å². The Morgan fingerprint density at radius 3 is 2.11 bits per heavy atom. The topological polar surface area (TPSA) is 36.9 Å². The number of benzene rings is 1. The molecule has 6 heteroatoms. The SMILES string of the molecule is COCOCc1cc(Br)c(COCOC)cc1Cl. The minimum Gasteiger partial charge on any atom is -0.359 e. The lowest BCUT2D eigenvalue weighted by atomic mass is 10.1. The molecule has 0 amide bonds. The molecule has 4 nitrogen and oxygen atoms in total. The van der Waals surface area contributed by atoms with Gasteiger partial charge in [0.05, 0.1) is 13.2 Å². The normalized spacial score (nSPS) is 10.9. The van der Waals surface area contributed by atoms with Crippen LogP contribution in [0.1, 0.15) is 11.1 Å². The van der Waals surface area contributed by atoms with E-state index in [1.54, 1.807) is 14.2 Å². The van der Waals surface area contributed by atoms with Crippen molar-refractivity contribution in [1.82, 2.24) is 0 Å². The summed E-state index contributed by atoms with van der Waals surface area (Å²) in [4.78, 5) is 0. The third-order valence-electron chi connectivity index (χ3n) is 2.13. The summed E-state index contributed by atoms with van der Waals surface area (Å²) in [7, 11) is 3.16. The Balaban J connectivity index is 2.64. The fraction of sp³-hybridized carbons (Fsp3) is 0.500. The molecule has 0 spiro atoms. The van der Waals surface area contributed by atoms with Gasteiger partial charge in [-0.05, 0) is 23.3 Å². The summed E-state index contributed by atoms with van der Waals surface area (Å²) in [6, 6.07) is 3.77. The third kappa shape index (κ3) is 5.22. The van der Waals surface area contributed by atoms with Gasteiger partial charge in [0.2, 0.25) is 0 Å². The molecule has 1 aromatic carbocycles. The Morgan fingerprint density at radius 2 is 1.56 bits per heavy atom. The quantitative estimate of drug-likeness (QED) is 0.538. The summed E-state index contributed by atoms with van der Waals surface area (Å²) in [5.74, 6) is 0. The number of hydrogen-bond donors (Lipinski definition) is 0. The van der Waals surface area contributed by atoms with Gasteiger partial charge in [-0.2, -0.15) is 0 Å². The molecule has 0 aliphatic heterocycles. The first-order valence-electron chi connectivity index (χ1n) is 5.29. The van der Waals surface area contributed by atoms with Crippen LogP contribution in [0.2, 0.25) is 5.02 Å². The molecule has 18 heavy (non-hydrogen) atoms. The zero-order chi connectivity index (χ0) is 13.4. The maximum atomic E-state index is 6.16. The summed E-state index contributed by atoms with van der Waals surface area (Å²) in [6.45, 7) is 1.34. The summed E-state index contributed by atoms with van der Waals surface area (Å²) >= 11 is 9.64. The van der Waals surface area contributed by atoms with Crippen molar-refractivity contribution in [3.8, 4) is 0 Å². The van der Waals surface area contributed by atoms with Crippen molar-refractivity contribution in [3.63, 3.8) is 0 Å². The molecule has 0 N–H and O–H groups in total. The second-order valence-electron chi connectivity index (χ2n) is 3.55. The summed E-state index contributed by atoms with van der Waals surface area (Å²) in [5.41, 5.74) is 1.86. The van der Waals surface area contributed by atoms with E-state index in [1.807, 2.05) is 12.1 Å². The van der Waals surface area contributed by atoms with Crippen LogP contribution in [0.5, 0.6) is 0 Å². The zero-order valence-corrected chi connectivity index (χ0v) is 12.7. The van der Waals surface area contributed by atoms with Gasteiger partial charge >= 0.3 is 0 Å². The summed E-state index contributed by atoms with van der Waals surface area (Å²) in [5, 5.41) is 0.644. The molecule has 0 bridgehead atoms. The predicted molar refractivity (Wildman–Crippen MR) is 72.5 cm³/mol. The molecular weight excluding hydrogens is 323 g/mol. The lowest BCUT2D eigenvalue weighted by Gasteiger charge is -2.10. The van der Waals surface area contributed by atoms with E-state index in [2.05, 4.69) is 15.9 Å². The lowest BCUT2D eigenvalue weighted by Crippen LogP contribution is -2.01. The van der Waals surface area contributed by atoms with E-state index in [1.165, 1.54) is 0 Å². The maximum absolute atomic E-state index is 6.16. The Labute approximate surface area is 120 Å². The molecule has 102 valence electrons. The van der Waals surface area contributed by atoms with Gasteiger partial charge in [0.1, 0.15) is 13.6 Å². The van der Waals surface area contributed by atoms with Crippen molar-refractivity contribution < 1.29 is 18.9 Å². The third-order valence-corrected chi connectivity index (χ3v) is 3.22. The van der Waals surface area contributed by atoms with Gasteiger partial charge in [0.25, 0.3) is 0 Å². The number of halogens is 2. The highest BCUT2D eigenvalue weighted by Crippen LogP contribution is 2.27. The van der Waals surface area contributed by atoms with Crippen molar-refractivity contribution in [1.29, 1.82) is 0 Å². The molecule has 0 aliphatic rings. The Bertz CT molecular complexity index is 338. The number of hydrogen-bond acceptors (Lipinski definition) is 4. The van der Waals surface area contributed by atoms with Crippen LogP contribution in [0.3, 0.4) is 0 Å². The Morgan fingerprint density at radius 1 is 1.00 bits per heavy atom. The first kappa shape index (κ1) is 15.9. The predicted octanol–water partition coefficient (Wildman–Crippen LogP) is 3.34. The Hall–Kier alpha value is -0.170. The largest absolute Gasteiger partial charge is 0.359 e. The van der Waals surface area contributed by atoms with Crippen molar-refractivity contribution in [3.05, 3.63) is 32.8 Å². The molecule has 1 aromatic rings. The molecule has 0 radical (unpaired) electrons. The molecule has 1 rings (SSSR count). The van der Waals surface area contributed by atoms with E-state index >= 15 is 0 Å². The fourth-order valence-corrected chi connectivity index (χ4v) is 2.07. The van der Waals surface area contributed by atoms with E-state index in [-0.39, 0.29) is 13.6 Å². The number of methoxy groups -OCH3 is 2. The molecule has 0 unspecified atom stereocenters. The Kier molecular flexibility index (Phi) is 7.81. The van der Waals surface area contributed by atoms with Crippen LogP contribution in [0.25, 0.3) is 0 Å². The van der Waals surface area contributed by atoms with Gasteiger partial charge in [-0.15, -0.1) is 0 Å². The molecule has 0 aromatic heterocycles. The standard InChI is InChI=1S/C12H16BrClO4/c1-15-7-17-5-9-4-12(14)10(3-11(9)13)6-18-8-16-2/h3-4H,5-8H2,1-2H3. The van der Waals surface area contributed by atoms with E-state index in [4.69, 9.17) is 30.5 Å². The number of rotatable bonds is 8. The first-order chi connectivity index (χ1) is 8.69. The van der Waals surface area contributed by atoms with Gasteiger partial charge in [0, 0.05) is 23.7 Å². The van der Waals surface area contributed by atoms with Crippen LogP contribution in [0, 0.1) is 0 Å². The summed E-state index contributed by atoms with van der Waals surface area (Å²) < 4.78 is 21.1. The highest BCUT2D eigenvalue weighted by Gasteiger charge is 2.07. The molecule has 0 saturated carbocycles. The van der Waals surface area contributed by atoms with Crippen LogP contribution in [0.15, 0.2) is 16.6 Å². The van der Waals surface area contributed by atoms with Crippen LogP contribution < -0.4 is 0 Å². The van der Waals surface area contributed by atoms with Gasteiger partial charge in [-0.25, -0.2) is 0 Å². The van der Waals surface area contributed by atoms with Crippen molar-refractivity contribution >= 4 is 27.5 Å².